The number of terminal acetylenes is 1. The first-order chi connectivity index (χ1) is 13.3. The summed E-state index contributed by atoms with van der Waals surface area (Å²) in [5, 5.41) is 0. The van der Waals surface area contributed by atoms with Crippen LogP contribution in [0.2, 0.25) is 0 Å². The van der Waals surface area contributed by atoms with Crippen LogP contribution in [0.1, 0.15) is 70.6 Å². The van der Waals surface area contributed by atoms with E-state index in [0.717, 1.165) is 44.3 Å². The van der Waals surface area contributed by atoms with Gasteiger partial charge in [-0.25, -0.2) is 0 Å². The van der Waals surface area contributed by atoms with Crippen LogP contribution in [0.15, 0.2) is 22.3 Å². The number of carbonyl (C=O) groups is 1. The fourth-order valence-corrected chi connectivity index (χ4v) is 7.66. The van der Waals surface area contributed by atoms with Gasteiger partial charge in [-0.15, -0.1) is 6.42 Å². The van der Waals surface area contributed by atoms with E-state index in [0.29, 0.717) is 17.8 Å². The highest BCUT2D eigenvalue weighted by Crippen LogP contribution is 2.68. The Hall–Kier alpha value is -1.95. The summed E-state index contributed by atoms with van der Waals surface area (Å²) in [6.07, 6.45) is 17.7. The van der Waals surface area contributed by atoms with Gasteiger partial charge in [-0.3, -0.25) is 4.79 Å². The van der Waals surface area contributed by atoms with Crippen LogP contribution in [0.5, 0.6) is 0 Å². The maximum absolute atomic E-state index is 11.9. The van der Waals surface area contributed by atoms with Crippen LogP contribution in [0.4, 0.5) is 0 Å². The molecule has 0 saturated heterocycles. The van der Waals surface area contributed by atoms with Crippen molar-refractivity contribution in [1.29, 1.82) is 0 Å². The lowest BCUT2D eigenvalue weighted by Gasteiger charge is -2.58. The van der Waals surface area contributed by atoms with E-state index in [4.69, 9.17) is 15.6 Å². The number of hydrogen-bond donors (Lipinski definition) is 0. The highest BCUT2D eigenvalue weighted by atomic mass is 16.6. The van der Waals surface area contributed by atoms with Crippen molar-refractivity contribution in [3.05, 3.63) is 29.2 Å². The quantitative estimate of drug-likeness (QED) is 0.485. The van der Waals surface area contributed by atoms with Gasteiger partial charge in [-0.1, -0.05) is 25.3 Å². The molecule has 0 unspecified atom stereocenters. The van der Waals surface area contributed by atoms with Gasteiger partial charge in [0.1, 0.15) is 5.76 Å². The summed E-state index contributed by atoms with van der Waals surface area (Å²) in [5.41, 5.74) is 2.30. The van der Waals surface area contributed by atoms with Crippen molar-refractivity contribution in [3.8, 4) is 12.3 Å². The van der Waals surface area contributed by atoms with E-state index in [1.807, 2.05) is 6.26 Å². The number of allylic oxidation sites excluding steroid dienone is 1. The fourth-order valence-electron chi connectivity index (χ4n) is 7.66. The van der Waals surface area contributed by atoms with E-state index in [1.54, 1.807) is 5.57 Å². The molecule has 1 aromatic heterocycles. The molecule has 0 aromatic carbocycles. The summed E-state index contributed by atoms with van der Waals surface area (Å²) in [4.78, 5) is 11.9. The molecule has 4 aliphatic carbocycles. The monoisotopic (exact) mass is 378 g/mol. The van der Waals surface area contributed by atoms with E-state index in [9.17, 15) is 4.79 Å². The van der Waals surface area contributed by atoms with Gasteiger partial charge in [0.25, 0.3) is 0 Å². The molecule has 1 heterocycles. The lowest BCUT2D eigenvalue weighted by Crippen LogP contribution is -2.55. The molecule has 4 aliphatic rings. The number of fused-ring (bicyclic) bond motifs is 6. The minimum Gasteiger partial charge on any atom is -0.465 e. The van der Waals surface area contributed by atoms with Crippen LogP contribution in [-0.2, 0) is 16.0 Å². The lowest BCUT2D eigenvalue weighted by molar-refractivity contribution is -0.168. The summed E-state index contributed by atoms with van der Waals surface area (Å²) < 4.78 is 11.6. The van der Waals surface area contributed by atoms with Crippen molar-refractivity contribution in [2.24, 2.45) is 28.6 Å². The third-order valence-electron chi connectivity index (χ3n) is 9.05. The van der Waals surface area contributed by atoms with E-state index < -0.39 is 5.60 Å². The molecular weight excluding hydrogens is 348 g/mol. The number of hydrogen-bond acceptors (Lipinski definition) is 3. The molecule has 0 bridgehead atoms. The molecule has 3 nitrogen and oxygen atoms in total. The third kappa shape index (κ3) is 2.15. The Morgan fingerprint density at radius 2 is 2.04 bits per heavy atom. The molecule has 3 fully saturated rings. The van der Waals surface area contributed by atoms with Crippen molar-refractivity contribution in [1.82, 2.24) is 0 Å². The lowest BCUT2D eigenvalue weighted by atomic mass is 9.46. The molecular formula is C25H30O3. The third-order valence-corrected chi connectivity index (χ3v) is 9.05. The first-order valence-electron chi connectivity index (χ1n) is 10.8. The van der Waals surface area contributed by atoms with Gasteiger partial charge < -0.3 is 9.15 Å². The molecule has 3 saturated carbocycles. The Bertz CT molecular complexity index is 901. The van der Waals surface area contributed by atoms with Crippen molar-refractivity contribution in [2.75, 3.05) is 0 Å². The average molecular weight is 379 g/mol. The normalized spacial score (nSPS) is 43.6. The predicted molar refractivity (Wildman–Crippen MR) is 108 cm³/mol. The van der Waals surface area contributed by atoms with Crippen molar-refractivity contribution in [2.45, 2.75) is 71.3 Å². The predicted octanol–water partition coefficient (Wildman–Crippen LogP) is 5.40. The molecule has 0 spiro atoms. The largest absolute Gasteiger partial charge is 0.465 e. The van der Waals surface area contributed by atoms with Crippen molar-refractivity contribution < 1.29 is 13.9 Å². The molecule has 0 amide bonds. The summed E-state index contributed by atoms with van der Waals surface area (Å²) in [7, 11) is 0. The Labute approximate surface area is 167 Å². The average Bonchev–Trinajstić information content (AvgIpc) is 3.21. The standard InChI is InChI=1S/C25H30O3/c1-5-25(28-16(2)26)12-9-21-19-7-6-18-14-22-17(10-13-27-22)15-23(18,3)20(19)8-11-24(21,25)4/h1,10,13-14,19-21H,6-9,11-12,15H2,2-4H3/t19-,20+,21+,23+,24+,25+/m1/s1. The molecule has 0 aliphatic heterocycles. The maximum atomic E-state index is 11.9. The minimum atomic E-state index is -0.726. The molecule has 1 aromatic rings. The number of furan rings is 1. The highest BCUT2D eigenvalue weighted by molar-refractivity contribution is 5.67. The zero-order chi connectivity index (χ0) is 19.7. The van der Waals surface area contributed by atoms with Crippen LogP contribution in [0.3, 0.4) is 0 Å². The summed E-state index contributed by atoms with van der Waals surface area (Å²) in [6, 6.07) is 2.14. The van der Waals surface area contributed by atoms with Crippen LogP contribution in [-0.4, -0.2) is 11.6 Å². The zero-order valence-corrected chi connectivity index (χ0v) is 17.2. The van der Waals surface area contributed by atoms with Gasteiger partial charge in [0.15, 0.2) is 5.60 Å². The van der Waals surface area contributed by atoms with Gasteiger partial charge in [-0.05, 0) is 85.8 Å². The molecule has 5 rings (SSSR count). The van der Waals surface area contributed by atoms with E-state index in [1.165, 1.54) is 18.9 Å². The molecule has 28 heavy (non-hydrogen) atoms. The Morgan fingerprint density at radius 1 is 1.25 bits per heavy atom. The summed E-state index contributed by atoms with van der Waals surface area (Å²) in [5.74, 6) is 5.62. The van der Waals surface area contributed by atoms with Crippen LogP contribution in [0.25, 0.3) is 6.08 Å². The SMILES string of the molecule is C#C[C@]1(OC(C)=O)CC[C@H]2[C@@H]3CCC4=Cc5occc5C[C@]4(C)[C@H]3CC[C@@]21C. The molecule has 3 heteroatoms. The van der Waals surface area contributed by atoms with Gasteiger partial charge in [-0.2, -0.15) is 0 Å². The van der Waals surface area contributed by atoms with Gasteiger partial charge >= 0.3 is 5.97 Å². The van der Waals surface area contributed by atoms with Crippen LogP contribution < -0.4 is 0 Å². The number of rotatable bonds is 1. The van der Waals surface area contributed by atoms with Gasteiger partial charge in [0.05, 0.1) is 6.26 Å². The second-order valence-electron chi connectivity index (χ2n) is 10.0. The van der Waals surface area contributed by atoms with Crippen molar-refractivity contribution >= 4 is 12.0 Å². The van der Waals surface area contributed by atoms with Crippen LogP contribution >= 0.6 is 0 Å². The van der Waals surface area contributed by atoms with E-state index in [2.05, 4.69) is 31.9 Å². The smallest absolute Gasteiger partial charge is 0.304 e. The van der Waals surface area contributed by atoms with E-state index >= 15 is 0 Å². The van der Waals surface area contributed by atoms with Crippen molar-refractivity contribution in [3.63, 3.8) is 0 Å². The van der Waals surface area contributed by atoms with Gasteiger partial charge in [0, 0.05) is 12.3 Å². The first-order valence-corrected chi connectivity index (χ1v) is 10.8. The minimum absolute atomic E-state index is 0.109. The topological polar surface area (TPSA) is 39.4 Å². The molecule has 0 radical (unpaired) electrons. The van der Waals surface area contributed by atoms with Gasteiger partial charge in [0.2, 0.25) is 0 Å². The van der Waals surface area contributed by atoms with Crippen LogP contribution in [0, 0.1) is 40.9 Å². The second kappa shape index (κ2) is 5.78. The molecule has 6 atom stereocenters. The highest BCUT2D eigenvalue weighted by Gasteiger charge is 2.65. The molecule has 0 N–H and O–H groups in total. The Balaban J connectivity index is 1.50. The fraction of sp³-hybridized carbons (Fsp3) is 0.640. The summed E-state index contributed by atoms with van der Waals surface area (Å²) >= 11 is 0. The number of carbonyl (C=O) groups excluding carboxylic acids is 1. The number of esters is 1. The zero-order valence-electron chi connectivity index (χ0n) is 17.2. The maximum Gasteiger partial charge on any atom is 0.304 e. The first kappa shape index (κ1) is 18.1. The Kier molecular flexibility index (Phi) is 3.74. The number of ether oxygens (including phenoxy) is 1. The van der Waals surface area contributed by atoms with E-state index in [-0.39, 0.29) is 16.8 Å². The Morgan fingerprint density at radius 3 is 2.79 bits per heavy atom. The second-order valence-corrected chi connectivity index (χ2v) is 10.0. The summed E-state index contributed by atoms with van der Waals surface area (Å²) in [6.45, 7) is 6.26. The molecule has 148 valence electrons.